The van der Waals surface area contributed by atoms with Gasteiger partial charge in [0.1, 0.15) is 11.3 Å². The largest absolute Gasteiger partial charge is 0.423 e. The van der Waals surface area contributed by atoms with Crippen LogP contribution in [-0.4, -0.2) is 49.6 Å². The number of nitrogen functional groups attached to an aromatic ring is 1. The summed E-state index contributed by atoms with van der Waals surface area (Å²) >= 11 is 6.00. The van der Waals surface area contributed by atoms with E-state index in [0.717, 1.165) is 12.8 Å². The highest BCUT2D eigenvalue weighted by atomic mass is 35.5. The summed E-state index contributed by atoms with van der Waals surface area (Å²) in [5, 5.41) is 8.17. The standard InChI is InChI=1S/C22H20ClN7O3/c1-2-17(31)29-9-3-4-13(11-29)30-15-7-8-25-20(24)18(15)19(28-30)21(32)27-22-26-14-10-12(23)5-6-16(14)33-22/h2,5-8,10,13H,1,3-4,9,11H2,(H2,24,25)(H,26,27,32). The van der Waals surface area contributed by atoms with E-state index >= 15 is 0 Å². The zero-order chi connectivity index (χ0) is 23.1. The van der Waals surface area contributed by atoms with Crippen molar-refractivity contribution in [1.29, 1.82) is 0 Å². The number of nitrogens with one attached hydrogen (secondary N) is 1. The Morgan fingerprint density at radius 3 is 3.00 bits per heavy atom. The molecule has 168 valence electrons. The molecule has 1 saturated heterocycles. The Kier molecular flexibility index (Phi) is 5.21. The highest BCUT2D eigenvalue weighted by Crippen LogP contribution is 2.30. The molecule has 3 N–H and O–H groups in total. The van der Waals surface area contributed by atoms with E-state index in [2.05, 4.69) is 27.0 Å². The van der Waals surface area contributed by atoms with E-state index in [-0.39, 0.29) is 29.5 Å². The molecule has 0 aliphatic carbocycles. The molecular weight excluding hydrogens is 446 g/mol. The molecule has 4 heterocycles. The fraction of sp³-hybridized carbons (Fsp3) is 0.227. The Labute approximate surface area is 193 Å². The van der Waals surface area contributed by atoms with Crippen LogP contribution in [0.25, 0.3) is 22.0 Å². The first kappa shape index (κ1) is 21.0. The van der Waals surface area contributed by atoms with Crippen molar-refractivity contribution in [1.82, 2.24) is 24.6 Å². The molecule has 2 amide bonds. The zero-order valence-electron chi connectivity index (χ0n) is 17.5. The Hall–Kier alpha value is -3.92. The van der Waals surface area contributed by atoms with Crippen LogP contribution in [0.3, 0.4) is 0 Å². The van der Waals surface area contributed by atoms with Gasteiger partial charge in [-0.05, 0) is 43.2 Å². The van der Waals surface area contributed by atoms with Crippen LogP contribution in [0.2, 0.25) is 5.02 Å². The van der Waals surface area contributed by atoms with Gasteiger partial charge < -0.3 is 15.1 Å². The summed E-state index contributed by atoms with van der Waals surface area (Å²) in [5.41, 5.74) is 7.90. The van der Waals surface area contributed by atoms with Gasteiger partial charge in [0.2, 0.25) is 5.91 Å². The van der Waals surface area contributed by atoms with Crippen molar-refractivity contribution >= 4 is 57.3 Å². The second-order valence-corrected chi connectivity index (χ2v) is 8.19. The topological polar surface area (TPSA) is 132 Å². The number of benzene rings is 1. The molecule has 1 unspecified atom stereocenters. The predicted molar refractivity (Wildman–Crippen MR) is 124 cm³/mol. The van der Waals surface area contributed by atoms with Crippen LogP contribution in [0.4, 0.5) is 11.8 Å². The smallest absolute Gasteiger partial charge is 0.302 e. The van der Waals surface area contributed by atoms with Gasteiger partial charge in [0.15, 0.2) is 11.3 Å². The lowest BCUT2D eigenvalue weighted by atomic mass is 10.1. The maximum absolute atomic E-state index is 13.2. The highest BCUT2D eigenvalue weighted by molar-refractivity contribution is 6.31. The first-order chi connectivity index (χ1) is 15.9. The first-order valence-corrected chi connectivity index (χ1v) is 10.7. The van der Waals surface area contributed by atoms with Gasteiger partial charge in [-0.25, -0.2) is 4.98 Å². The van der Waals surface area contributed by atoms with E-state index in [1.54, 1.807) is 40.0 Å². The second-order valence-electron chi connectivity index (χ2n) is 7.75. The molecular formula is C22H20ClN7O3. The number of likely N-dealkylation sites (tertiary alicyclic amines) is 1. The minimum absolute atomic E-state index is 0.0165. The van der Waals surface area contributed by atoms with Gasteiger partial charge in [-0.2, -0.15) is 10.1 Å². The van der Waals surface area contributed by atoms with Gasteiger partial charge in [0.25, 0.3) is 5.91 Å². The number of nitrogens with two attached hydrogens (primary N) is 1. The summed E-state index contributed by atoms with van der Waals surface area (Å²) in [5.74, 6) is -0.486. The van der Waals surface area contributed by atoms with Crippen LogP contribution in [0.15, 0.2) is 47.5 Å². The summed E-state index contributed by atoms with van der Waals surface area (Å²) < 4.78 is 7.34. The Morgan fingerprint density at radius 2 is 2.18 bits per heavy atom. The summed E-state index contributed by atoms with van der Waals surface area (Å²) in [4.78, 5) is 35.4. The van der Waals surface area contributed by atoms with Gasteiger partial charge in [0.05, 0.1) is 16.9 Å². The quantitative estimate of drug-likeness (QED) is 0.441. The number of nitrogens with zero attached hydrogens (tertiary/aromatic N) is 5. The molecule has 10 nitrogen and oxygen atoms in total. The summed E-state index contributed by atoms with van der Waals surface area (Å²) in [6, 6.07) is 6.63. The van der Waals surface area contributed by atoms with Crippen LogP contribution in [0.1, 0.15) is 29.4 Å². The monoisotopic (exact) mass is 465 g/mol. The lowest BCUT2D eigenvalue weighted by molar-refractivity contribution is -0.127. The van der Waals surface area contributed by atoms with Gasteiger partial charge in [-0.3, -0.25) is 19.6 Å². The van der Waals surface area contributed by atoms with Crippen molar-refractivity contribution in [2.24, 2.45) is 0 Å². The molecule has 1 aliphatic heterocycles. The molecule has 1 atom stereocenters. The third-order valence-corrected chi connectivity index (χ3v) is 5.90. The molecule has 3 aromatic heterocycles. The van der Waals surface area contributed by atoms with E-state index in [1.807, 2.05) is 0 Å². The Morgan fingerprint density at radius 1 is 1.33 bits per heavy atom. The number of pyridine rings is 1. The number of carbonyl (C=O) groups excluding carboxylic acids is 2. The third-order valence-electron chi connectivity index (χ3n) is 5.66. The van der Waals surface area contributed by atoms with Crippen LogP contribution in [0, 0.1) is 0 Å². The Balaban J connectivity index is 1.50. The van der Waals surface area contributed by atoms with Gasteiger partial charge in [0, 0.05) is 24.3 Å². The van der Waals surface area contributed by atoms with E-state index in [9.17, 15) is 9.59 Å². The molecule has 0 radical (unpaired) electrons. The number of fused-ring (bicyclic) bond motifs is 2. The average molecular weight is 466 g/mol. The third kappa shape index (κ3) is 3.78. The fourth-order valence-electron chi connectivity index (χ4n) is 4.14. The normalized spacial score (nSPS) is 16.3. The number of hydrogen-bond donors (Lipinski definition) is 2. The van der Waals surface area contributed by atoms with E-state index in [1.165, 1.54) is 6.08 Å². The predicted octanol–water partition coefficient (Wildman–Crippen LogP) is 3.41. The van der Waals surface area contributed by atoms with Crippen molar-refractivity contribution in [3.63, 3.8) is 0 Å². The summed E-state index contributed by atoms with van der Waals surface area (Å²) in [6.45, 7) is 4.68. The molecule has 11 heteroatoms. The molecule has 5 rings (SSSR count). The molecule has 1 aliphatic rings. The summed E-state index contributed by atoms with van der Waals surface area (Å²) in [7, 11) is 0. The number of aromatic nitrogens is 4. The van der Waals surface area contributed by atoms with Crippen molar-refractivity contribution in [2.45, 2.75) is 18.9 Å². The zero-order valence-corrected chi connectivity index (χ0v) is 18.2. The highest BCUT2D eigenvalue weighted by Gasteiger charge is 2.29. The van der Waals surface area contributed by atoms with Crippen LogP contribution in [-0.2, 0) is 4.79 Å². The van der Waals surface area contributed by atoms with Gasteiger partial charge >= 0.3 is 6.01 Å². The van der Waals surface area contributed by atoms with E-state index in [4.69, 9.17) is 21.8 Å². The molecule has 0 spiro atoms. The minimum atomic E-state index is -0.536. The number of rotatable bonds is 4. The van der Waals surface area contributed by atoms with Crippen molar-refractivity contribution in [3.05, 3.63) is 53.8 Å². The number of oxazole rings is 1. The lowest BCUT2D eigenvalue weighted by Crippen LogP contribution is -2.40. The molecule has 1 fully saturated rings. The average Bonchev–Trinajstić information content (AvgIpc) is 3.40. The van der Waals surface area contributed by atoms with Gasteiger partial charge in [-0.1, -0.05) is 18.2 Å². The molecule has 0 saturated carbocycles. The van der Waals surface area contributed by atoms with Crippen molar-refractivity contribution in [3.8, 4) is 0 Å². The van der Waals surface area contributed by atoms with Crippen molar-refractivity contribution < 1.29 is 14.0 Å². The number of anilines is 2. The number of hydrogen-bond acceptors (Lipinski definition) is 7. The van der Waals surface area contributed by atoms with Gasteiger partial charge in [-0.15, -0.1) is 0 Å². The molecule has 0 bridgehead atoms. The van der Waals surface area contributed by atoms with Crippen LogP contribution < -0.4 is 11.1 Å². The Bertz CT molecular complexity index is 1410. The number of piperidine rings is 1. The molecule has 4 aromatic rings. The van der Waals surface area contributed by atoms with E-state index in [0.29, 0.717) is 40.1 Å². The minimum Gasteiger partial charge on any atom is -0.423 e. The first-order valence-electron chi connectivity index (χ1n) is 10.4. The SMILES string of the molecule is C=CC(=O)N1CCCC(n2nc(C(=O)Nc3nc4cc(Cl)ccc4o3)c3c(N)nccc32)C1. The number of halogens is 1. The van der Waals surface area contributed by atoms with E-state index < -0.39 is 5.91 Å². The molecule has 33 heavy (non-hydrogen) atoms. The summed E-state index contributed by atoms with van der Waals surface area (Å²) in [6.07, 6.45) is 4.47. The number of carbonyl (C=O) groups is 2. The lowest BCUT2D eigenvalue weighted by Gasteiger charge is -2.32. The van der Waals surface area contributed by atoms with Crippen molar-refractivity contribution in [2.75, 3.05) is 24.1 Å². The van der Waals surface area contributed by atoms with Crippen LogP contribution >= 0.6 is 11.6 Å². The number of amides is 2. The fourth-order valence-corrected chi connectivity index (χ4v) is 4.31. The maximum atomic E-state index is 13.2. The second kappa shape index (κ2) is 8.21. The maximum Gasteiger partial charge on any atom is 0.302 e. The van der Waals surface area contributed by atoms with Crippen LogP contribution in [0.5, 0.6) is 0 Å². The molecule has 1 aromatic carbocycles.